The molecule has 0 aromatic heterocycles. The largest absolute Gasteiger partial charge is 0.307 e. The Morgan fingerprint density at radius 2 is 1.94 bits per heavy atom. The van der Waals surface area contributed by atoms with E-state index >= 15 is 0 Å². The summed E-state index contributed by atoms with van der Waals surface area (Å²) in [5.41, 5.74) is 2.71. The van der Waals surface area contributed by atoms with Crippen LogP contribution in [0.1, 0.15) is 32.4 Å². The van der Waals surface area contributed by atoms with Crippen LogP contribution in [0.3, 0.4) is 0 Å². The van der Waals surface area contributed by atoms with Crippen LogP contribution in [0.2, 0.25) is 0 Å². The Hall–Kier alpha value is -0.730. The molecule has 0 saturated carbocycles. The third-order valence-corrected chi connectivity index (χ3v) is 3.29. The molecule has 1 atom stereocenters. The van der Waals surface area contributed by atoms with E-state index < -0.39 is 0 Å². The number of rotatable bonds is 5. The Morgan fingerprint density at radius 1 is 1.31 bits per heavy atom. The smallest absolute Gasteiger partial charge is 0.0294 e. The van der Waals surface area contributed by atoms with E-state index in [1.807, 2.05) is 0 Å². The molecule has 0 fully saturated rings. The summed E-state index contributed by atoms with van der Waals surface area (Å²) in [5, 5.41) is 3.48. The van der Waals surface area contributed by atoms with Crippen molar-refractivity contribution in [2.75, 3.05) is 12.8 Å². The summed E-state index contributed by atoms with van der Waals surface area (Å²) in [5.74, 6) is 0. The van der Waals surface area contributed by atoms with E-state index in [2.05, 4.69) is 62.7 Å². The first-order valence-corrected chi connectivity index (χ1v) is 6.86. The van der Waals surface area contributed by atoms with Crippen LogP contribution < -0.4 is 5.32 Å². The predicted molar refractivity (Wildman–Crippen MR) is 74.1 cm³/mol. The molecular formula is C14H21NS. The summed E-state index contributed by atoms with van der Waals surface area (Å²) in [7, 11) is 0. The minimum atomic E-state index is 0.409. The monoisotopic (exact) mass is 235 g/mol. The Bertz CT molecular complexity index is 336. The van der Waals surface area contributed by atoms with Gasteiger partial charge in [-0.1, -0.05) is 23.8 Å². The molecule has 0 saturated heterocycles. The van der Waals surface area contributed by atoms with Crippen molar-refractivity contribution in [1.29, 1.82) is 0 Å². The third kappa shape index (κ3) is 4.42. The molecule has 0 aliphatic heterocycles. The first-order valence-electron chi connectivity index (χ1n) is 5.64. The van der Waals surface area contributed by atoms with Crippen molar-refractivity contribution in [3.63, 3.8) is 0 Å². The summed E-state index contributed by atoms with van der Waals surface area (Å²) in [4.78, 5) is 1.32. The molecule has 88 valence electrons. The molecule has 1 nitrogen and oxygen atoms in total. The third-order valence-electron chi connectivity index (χ3n) is 2.55. The topological polar surface area (TPSA) is 12.0 Å². The minimum absolute atomic E-state index is 0.409. The zero-order chi connectivity index (χ0) is 12.0. The van der Waals surface area contributed by atoms with Crippen LogP contribution in [-0.4, -0.2) is 12.8 Å². The Kier molecular flexibility index (Phi) is 5.64. The maximum absolute atomic E-state index is 3.48. The van der Waals surface area contributed by atoms with Crippen LogP contribution in [0, 0.1) is 0 Å². The highest BCUT2D eigenvalue weighted by Gasteiger charge is 2.02. The van der Waals surface area contributed by atoms with Gasteiger partial charge in [0.15, 0.2) is 0 Å². The Labute approximate surface area is 103 Å². The van der Waals surface area contributed by atoms with Crippen LogP contribution in [0.5, 0.6) is 0 Å². The molecule has 0 heterocycles. The molecule has 1 aromatic rings. The highest BCUT2D eigenvalue weighted by atomic mass is 32.2. The van der Waals surface area contributed by atoms with Crippen molar-refractivity contribution in [3.8, 4) is 0 Å². The van der Waals surface area contributed by atoms with Crippen molar-refractivity contribution in [1.82, 2.24) is 5.32 Å². The van der Waals surface area contributed by atoms with Crippen molar-refractivity contribution in [2.45, 2.75) is 31.7 Å². The minimum Gasteiger partial charge on any atom is -0.307 e. The summed E-state index contributed by atoms with van der Waals surface area (Å²) in [6.45, 7) is 7.39. The fourth-order valence-corrected chi connectivity index (χ4v) is 1.86. The van der Waals surface area contributed by atoms with Crippen molar-refractivity contribution < 1.29 is 0 Å². The lowest BCUT2D eigenvalue weighted by Crippen LogP contribution is -2.18. The summed E-state index contributed by atoms with van der Waals surface area (Å²) in [6, 6.07) is 9.17. The number of allylic oxidation sites excluding steroid dienone is 1. The number of hydrogen-bond acceptors (Lipinski definition) is 2. The van der Waals surface area contributed by atoms with Gasteiger partial charge in [-0.2, -0.15) is 0 Å². The molecule has 0 amide bonds. The molecule has 1 unspecified atom stereocenters. The summed E-state index contributed by atoms with van der Waals surface area (Å²) >= 11 is 1.78. The molecule has 0 bridgehead atoms. The van der Waals surface area contributed by atoms with Gasteiger partial charge in [-0.25, -0.2) is 0 Å². The molecule has 1 rings (SSSR count). The molecule has 0 radical (unpaired) electrons. The Morgan fingerprint density at radius 3 is 2.44 bits per heavy atom. The number of thioether (sulfide) groups is 1. The van der Waals surface area contributed by atoms with Gasteiger partial charge in [0.25, 0.3) is 0 Å². The van der Waals surface area contributed by atoms with Crippen molar-refractivity contribution in [2.24, 2.45) is 0 Å². The van der Waals surface area contributed by atoms with E-state index in [1.54, 1.807) is 11.8 Å². The van der Waals surface area contributed by atoms with Gasteiger partial charge in [0.2, 0.25) is 0 Å². The van der Waals surface area contributed by atoms with E-state index in [1.165, 1.54) is 16.0 Å². The molecule has 16 heavy (non-hydrogen) atoms. The molecule has 0 spiro atoms. The summed E-state index contributed by atoms with van der Waals surface area (Å²) < 4.78 is 0. The average molecular weight is 235 g/mol. The van der Waals surface area contributed by atoms with Crippen LogP contribution in [-0.2, 0) is 0 Å². The van der Waals surface area contributed by atoms with Crippen LogP contribution in [0.15, 0.2) is 40.8 Å². The van der Waals surface area contributed by atoms with Crippen LogP contribution in [0.25, 0.3) is 0 Å². The predicted octanol–water partition coefficient (Wildman–Crippen LogP) is 4.03. The first kappa shape index (κ1) is 13.3. The van der Waals surface area contributed by atoms with E-state index in [4.69, 9.17) is 0 Å². The Balaban J connectivity index is 2.52. The lowest BCUT2D eigenvalue weighted by atomic mass is 10.1. The summed E-state index contributed by atoms with van der Waals surface area (Å²) in [6.07, 6.45) is 4.32. The molecule has 1 aromatic carbocycles. The number of nitrogens with one attached hydrogen (secondary N) is 1. The second-order valence-electron chi connectivity index (χ2n) is 4.18. The van der Waals surface area contributed by atoms with E-state index in [-0.39, 0.29) is 0 Å². The second kappa shape index (κ2) is 6.77. The van der Waals surface area contributed by atoms with Crippen LogP contribution in [0.4, 0.5) is 0 Å². The lowest BCUT2D eigenvalue weighted by Gasteiger charge is -2.13. The SMILES string of the molecule is CSc1ccc(C(C)NCC=C(C)C)cc1. The van der Waals surface area contributed by atoms with Gasteiger partial charge in [-0.15, -0.1) is 11.8 Å². The highest BCUT2D eigenvalue weighted by Crippen LogP contribution is 2.18. The standard InChI is InChI=1S/C14H21NS/c1-11(2)9-10-15-12(3)13-5-7-14(16-4)8-6-13/h5-9,12,15H,10H2,1-4H3. The van der Waals surface area contributed by atoms with E-state index in [9.17, 15) is 0 Å². The molecule has 1 N–H and O–H groups in total. The molecule has 0 aliphatic rings. The maximum Gasteiger partial charge on any atom is 0.0294 e. The van der Waals surface area contributed by atoms with Crippen molar-refractivity contribution >= 4 is 11.8 Å². The van der Waals surface area contributed by atoms with E-state index in [0.29, 0.717) is 6.04 Å². The molecule has 0 aliphatic carbocycles. The zero-order valence-electron chi connectivity index (χ0n) is 10.6. The fraction of sp³-hybridized carbons (Fsp3) is 0.429. The molecule has 2 heteroatoms. The van der Waals surface area contributed by atoms with Gasteiger partial charge in [0.1, 0.15) is 0 Å². The average Bonchev–Trinajstić information content (AvgIpc) is 2.28. The van der Waals surface area contributed by atoms with E-state index in [0.717, 1.165) is 6.54 Å². The van der Waals surface area contributed by atoms with Gasteiger partial charge in [0.05, 0.1) is 0 Å². The number of benzene rings is 1. The first-order chi connectivity index (χ1) is 7.63. The second-order valence-corrected chi connectivity index (χ2v) is 5.06. The van der Waals surface area contributed by atoms with Gasteiger partial charge in [-0.3, -0.25) is 0 Å². The maximum atomic E-state index is 3.48. The lowest BCUT2D eigenvalue weighted by molar-refractivity contribution is 0.616. The van der Waals surface area contributed by atoms with Gasteiger partial charge in [-0.05, 0) is 44.7 Å². The zero-order valence-corrected chi connectivity index (χ0v) is 11.4. The van der Waals surface area contributed by atoms with Crippen molar-refractivity contribution in [3.05, 3.63) is 41.5 Å². The normalized spacial score (nSPS) is 12.2. The molecular weight excluding hydrogens is 214 g/mol. The van der Waals surface area contributed by atoms with Gasteiger partial charge in [0, 0.05) is 17.5 Å². The van der Waals surface area contributed by atoms with Gasteiger partial charge < -0.3 is 5.32 Å². The van der Waals surface area contributed by atoms with Gasteiger partial charge >= 0.3 is 0 Å². The highest BCUT2D eigenvalue weighted by molar-refractivity contribution is 7.98. The number of hydrogen-bond donors (Lipinski definition) is 1. The van der Waals surface area contributed by atoms with Crippen LogP contribution >= 0.6 is 11.8 Å². The quantitative estimate of drug-likeness (QED) is 0.611. The fourth-order valence-electron chi connectivity index (χ4n) is 1.45.